The SMILES string of the molecule is C=CC[n+]1cc(C#N)n(CC(=O)CCCC)c1. The van der Waals surface area contributed by atoms with Crippen LogP contribution in [0.25, 0.3) is 0 Å². The first-order valence-electron chi connectivity index (χ1n) is 5.83. The van der Waals surface area contributed by atoms with Crippen LogP contribution < -0.4 is 4.57 Å². The monoisotopic (exact) mass is 232 g/mol. The molecule has 0 atom stereocenters. The Morgan fingerprint density at radius 3 is 3.06 bits per heavy atom. The van der Waals surface area contributed by atoms with Crippen LogP contribution in [0.15, 0.2) is 25.2 Å². The van der Waals surface area contributed by atoms with Crippen molar-refractivity contribution < 1.29 is 9.36 Å². The van der Waals surface area contributed by atoms with Crippen LogP contribution >= 0.6 is 0 Å². The summed E-state index contributed by atoms with van der Waals surface area (Å²) in [5, 5.41) is 8.97. The summed E-state index contributed by atoms with van der Waals surface area (Å²) in [5.41, 5.74) is 0.511. The molecule has 0 unspecified atom stereocenters. The molecule has 0 aliphatic carbocycles. The molecule has 0 fully saturated rings. The van der Waals surface area contributed by atoms with Crippen LogP contribution in [0.1, 0.15) is 31.9 Å². The summed E-state index contributed by atoms with van der Waals surface area (Å²) in [4.78, 5) is 11.6. The molecule has 0 saturated carbocycles. The van der Waals surface area contributed by atoms with Gasteiger partial charge in [0.15, 0.2) is 5.78 Å². The second kappa shape index (κ2) is 6.64. The molecule has 0 saturated heterocycles. The number of rotatable bonds is 7. The van der Waals surface area contributed by atoms with Gasteiger partial charge in [-0.05, 0) is 6.42 Å². The van der Waals surface area contributed by atoms with Crippen LogP contribution in [0, 0.1) is 11.3 Å². The highest BCUT2D eigenvalue weighted by Gasteiger charge is 2.15. The van der Waals surface area contributed by atoms with Crippen molar-refractivity contribution in [2.45, 2.75) is 39.3 Å². The smallest absolute Gasteiger partial charge is 0.245 e. The molecule has 0 N–H and O–H groups in total. The molecule has 1 heterocycles. The zero-order valence-electron chi connectivity index (χ0n) is 10.2. The zero-order valence-corrected chi connectivity index (χ0v) is 10.2. The maximum Gasteiger partial charge on any atom is 0.245 e. The number of nitrogens with zero attached hydrogens (tertiary/aromatic N) is 3. The number of aromatic nitrogens is 2. The molecule has 0 amide bonds. The third kappa shape index (κ3) is 3.87. The number of hydrogen-bond acceptors (Lipinski definition) is 2. The first-order valence-corrected chi connectivity index (χ1v) is 5.83. The number of hydrogen-bond donors (Lipinski definition) is 0. The normalized spacial score (nSPS) is 9.88. The number of ketones is 1. The second-order valence-corrected chi connectivity index (χ2v) is 4.00. The number of imidazole rings is 1. The summed E-state index contributed by atoms with van der Waals surface area (Å²) in [7, 11) is 0. The van der Waals surface area contributed by atoms with E-state index in [9.17, 15) is 4.79 Å². The van der Waals surface area contributed by atoms with Crippen molar-refractivity contribution in [2.24, 2.45) is 0 Å². The van der Waals surface area contributed by atoms with Crippen molar-refractivity contribution in [1.82, 2.24) is 4.57 Å². The van der Waals surface area contributed by atoms with E-state index in [1.807, 2.05) is 4.57 Å². The summed E-state index contributed by atoms with van der Waals surface area (Å²) < 4.78 is 3.54. The van der Waals surface area contributed by atoms with Crippen molar-refractivity contribution in [2.75, 3.05) is 0 Å². The summed E-state index contributed by atoms with van der Waals surface area (Å²) in [6.45, 7) is 6.63. The van der Waals surface area contributed by atoms with E-state index in [-0.39, 0.29) is 12.3 Å². The molecule has 0 aromatic carbocycles. The van der Waals surface area contributed by atoms with Gasteiger partial charge in [-0.1, -0.05) is 26.0 Å². The molecule has 0 radical (unpaired) electrons. The van der Waals surface area contributed by atoms with Crippen molar-refractivity contribution in [1.29, 1.82) is 5.26 Å². The molecule has 1 aromatic rings. The molecule has 0 spiro atoms. The van der Waals surface area contributed by atoms with Crippen LogP contribution in [-0.2, 0) is 17.9 Å². The lowest BCUT2D eigenvalue weighted by atomic mass is 10.2. The average molecular weight is 232 g/mol. The van der Waals surface area contributed by atoms with E-state index in [2.05, 4.69) is 19.6 Å². The summed E-state index contributed by atoms with van der Waals surface area (Å²) in [5.74, 6) is 0.171. The molecule has 0 bridgehead atoms. The molecule has 17 heavy (non-hydrogen) atoms. The van der Waals surface area contributed by atoms with Gasteiger partial charge in [0, 0.05) is 6.42 Å². The first-order chi connectivity index (χ1) is 8.21. The maximum absolute atomic E-state index is 11.6. The lowest BCUT2D eigenvalue weighted by molar-refractivity contribution is -0.686. The van der Waals surface area contributed by atoms with Crippen molar-refractivity contribution in [3.05, 3.63) is 30.9 Å². The largest absolute Gasteiger partial charge is 0.295 e. The van der Waals surface area contributed by atoms with Gasteiger partial charge in [-0.3, -0.25) is 4.79 Å². The number of Topliss-reactive ketones (excluding diaryl/α,β-unsaturated/α-hetero) is 1. The van der Waals surface area contributed by atoms with Gasteiger partial charge in [0.05, 0.1) is 0 Å². The van der Waals surface area contributed by atoms with Crippen LogP contribution in [0.4, 0.5) is 0 Å². The van der Waals surface area contributed by atoms with E-state index < -0.39 is 0 Å². The summed E-state index contributed by atoms with van der Waals surface area (Å²) in [6.07, 6.45) is 7.78. The Balaban J connectivity index is 2.72. The Morgan fingerprint density at radius 1 is 1.71 bits per heavy atom. The van der Waals surface area contributed by atoms with E-state index >= 15 is 0 Å². The number of carbonyl (C=O) groups is 1. The van der Waals surface area contributed by atoms with E-state index in [0.717, 1.165) is 12.8 Å². The highest BCUT2D eigenvalue weighted by Crippen LogP contribution is 2.01. The summed E-state index contributed by atoms with van der Waals surface area (Å²) >= 11 is 0. The minimum Gasteiger partial charge on any atom is -0.295 e. The standard InChI is InChI=1S/C13H18N3O/c1-3-5-6-13(17)10-16-11-15(7-4-2)9-12(16)8-14/h4,9,11H,2-3,5-7,10H2,1H3/q+1. The third-order valence-electron chi connectivity index (χ3n) is 2.50. The van der Waals surface area contributed by atoms with Crippen LogP contribution in [0.5, 0.6) is 0 Å². The Kier molecular flexibility index (Phi) is 5.15. The predicted octanol–water partition coefficient (Wildman–Crippen LogP) is 1.59. The maximum atomic E-state index is 11.6. The molecular formula is C13H18N3O+. The molecule has 1 rings (SSSR count). The van der Waals surface area contributed by atoms with Crippen molar-refractivity contribution in [3.63, 3.8) is 0 Å². The number of carbonyl (C=O) groups excluding carboxylic acids is 1. The minimum absolute atomic E-state index is 0.171. The Hall–Kier alpha value is -1.89. The zero-order chi connectivity index (χ0) is 12.7. The number of allylic oxidation sites excluding steroid dienone is 1. The first kappa shape index (κ1) is 13.2. The van der Waals surface area contributed by atoms with Crippen LogP contribution in [0.2, 0.25) is 0 Å². The topological polar surface area (TPSA) is 49.7 Å². The van der Waals surface area contributed by atoms with E-state index in [0.29, 0.717) is 18.7 Å². The molecule has 4 heteroatoms. The lowest BCUT2D eigenvalue weighted by Crippen LogP contribution is -2.29. The van der Waals surface area contributed by atoms with Gasteiger partial charge in [-0.15, -0.1) is 0 Å². The molecule has 0 aliphatic heterocycles. The quantitative estimate of drug-likeness (QED) is 0.529. The minimum atomic E-state index is 0.171. The number of unbranched alkanes of at least 4 members (excludes halogenated alkanes) is 1. The van der Waals surface area contributed by atoms with E-state index in [1.54, 1.807) is 23.2 Å². The Bertz CT molecular complexity index is 440. The third-order valence-corrected chi connectivity index (χ3v) is 2.50. The van der Waals surface area contributed by atoms with E-state index in [1.165, 1.54) is 0 Å². The van der Waals surface area contributed by atoms with Crippen LogP contribution in [-0.4, -0.2) is 10.4 Å². The van der Waals surface area contributed by atoms with Crippen LogP contribution in [0.3, 0.4) is 0 Å². The highest BCUT2D eigenvalue weighted by atomic mass is 16.1. The summed E-state index contributed by atoms with van der Waals surface area (Å²) in [6, 6.07) is 2.09. The molecule has 90 valence electrons. The van der Waals surface area contributed by atoms with Gasteiger partial charge >= 0.3 is 0 Å². The van der Waals surface area contributed by atoms with Gasteiger partial charge in [-0.25, -0.2) is 9.13 Å². The van der Waals surface area contributed by atoms with Crippen molar-refractivity contribution >= 4 is 5.78 Å². The fourth-order valence-electron chi connectivity index (χ4n) is 1.62. The average Bonchev–Trinajstić information content (AvgIpc) is 2.69. The molecule has 1 aromatic heterocycles. The predicted molar refractivity (Wildman–Crippen MR) is 64.1 cm³/mol. The second-order valence-electron chi connectivity index (χ2n) is 4.00. The molecular weight excluding hydrogens is 214 g/mol. The van der Waals surface area contributed by atoms with Gasteiger partial charge in [0.1, 0.15) is 25.4 Å². The molecule has 4 nitrogen and oxygen atoms in total. The van der Waals surface area contributed by atoms with Crippen molar-refractivity contribution in [3.8, 4) is 6.07 Å². The fraction of sp³-hybridized carbons (Fsp3) is 0.462. The van der Waals surface area contributed by atoms with Gasteiger partial charge in [0.2, 0.25) is 12.0 Å². The molecule has 0 aliphatic rings. The Labute approximate surface area is 102 Å². The van der Waals surface area contributed by atoms with Gasteiger partial charge in [-0.2, -0.15) is 5.26 Å². The fourth-order valence-corrected chi connectivity index (χ4v) is 1.62. The van der Waals surface area contributed by atoms with E-state index in [4.69, 9.17) is 5.26 Å². The number of nitriles is 1. The van der Waals surface area contributed by atoms with Gasteiger partial charge < -0.3 is 0 Å². The Morgan fingerprint density at radius 2 is 2.47 bits per heavy atom. The lowest BCUT2D eigenvalue weighted by Gasteiger charge is -1.96. The highest BCUT2D eigenvalue weighted by molar-refractivity contribution is 5.78. The van der Waals surface area contributed by atoms with Gasteiger partial charge in [0.25, 0.3) is 0 Å².